The van der Waals surface area contributed by atoms with Crippen molar-refractivity contribution >= 4 is 22.5 Å². The van der Waals surface area contributed by atoms with Crippen LogP contribution in [-0.2, 0) is 16.0 Å². The highest BCUT2D eigenvalue weighted by molar-refractivity contribution is 5.92. The number of aromatic nitrogens is 1. The van der Waals surface area contributed by atoms with Crippen LogP contribution in [0.15, 0.2) is 69.5 Å². The lowest BCUT2D eigenvalue weighted by atomic mass is 10.1. The van der Waals surface area contributed by atoms with Crippen molar-refractivity contribution < 1.29 is 18.4 Å². The van der Waals surface area contributed by atoms with E-state index in [9.17, 15) is 4.79 Å². The van der Waals surface area contributed by atoms with Crippen LogP contribution in [-0.4, -0.2) is 17.6 Å². The molecule has 0 aliphatic rings. The van der Waals surface area contributed by atoms with Crippen LogP contribution in [0.2, 0.25) is 0 Å². The molecule has 30 heavy (non-hydrogen) atoms. The van der Waals surface area contributed by atoms with Crippen molar-refractivity contribution in [1.82, 2.24) is 4.98 Å². The molecule has 0 aliphatic heterocycles. The third-order valence-corrected chi connectivity index (χ3v) is 4.90. The van der Waals surface area contributed by atoms with E-state index in [0.29, 0.717) is 18.9 Å². The van der Waals surface area contributed by atoms with Gasteiger partial charge in [-0.25, -0.2) is 9.78 Å². The third-order valence-electron chi connectivity index (χ3n) is 4.90. The number of hydrogen-bond donors (Lipinski definition) is 0. The van der Waals surface area contributed by atoms with Gasteiger partial charge in [-0.15, -0.1) is 0 Å². The topological polar surface area (TPSA) is 65.5 Å². The minimum atomic E-state index is -0.335. The van der Waals surface area contributed by atoms with Crippen molar-refractivity contribution in [2.24, 2.45) is 0 Å². The fourth-order valence-corrected chi connectivity index (χ4v) is 3.34. The number of allylic oxidation sites excluding steroid dienone is 1. The van der Waals surface area contributed by atoms with Crippen LogP contribution in [0.4, 0.5) is 0 Å². The highest BCUT2D eigenvalue weighted by Crippen LogP contribution is 2.27. The van der Waals surface area contributed by atoms with E-state index in [4.69, 9.17) is 13.6 Å². The van der Waals surface area contributed by atoms with Crippen molar-refractivity contribution in [2.45, 2.75) is 27.2 Å². The lowest BCUT2D eigenvalue weighted by molar-refractivity contribution is -0.137. The zero-order valence-corrected chi connectivity index (χ0v) is 17.3. The maximum Gasteiger partial charge on any atom is 0.331 e. The molecule has 0 unspecified atom stereocenters. The molecule has 2 aromatic heterocycles. The number of ether oxygens (including phenoxy) is 1. The summed E-state index contributed by atoms with van der Waals surface area (Å²) in [5.74, 6) is 1.87. The summed E-state index contributed by atoms with van der Waals surface area (Å²) in [5, 5.41) is 0.975. The van der Waals surface area contributed by atoms with Crippen LogP contribution in [0.25, 0.3) is 28.0 Å². The van der Waals surface area contributed by atoms with Gasteiger partial charge in [-0.05, 0) is 62.2 Å². The Kier molecular flexibility index (Phi) is 5.53. The first kappa shape index (κ1) is 19.7. The number of fused-ring (bicyclic) bond motifs is 1. The Labute approximate surface area is 175 Å². The van der Waals surface area contributed by atoms with Crippen LogP contribution >= 0.6 is 0 Å². The van der Waals surface area contributed by atoms with Crippen molar-refractivity contribution in [3.8, 4) is 11.5 Å². The predicted octanol–water partition coefficient (Wildman–Crippen LogP) is 5.95. The van der Waals surface area contributed by atoms with Crippen molar-refractivity contribution in [3.05, 3.63) is 83.5 Å². The number of carbonyl (C=O) groups is 1. The summed E-state index contributed by atoms with van der Waals surface area (Å²) in [7, 11) is 0. The summed E-state index contributed by atoms with van der Waals surface area (Å²) in [6.45, 7) is 5.96. The van der Waals surface area contributed by atoms with E-state index in [1.54, 1.807) is 6.92 Å². The van der Waals surface area contributed by atoms with Crippen molar-refractivity contribution in [3.63, 3.8) is 0 Å². The summed E-state index contributed by atoms with van der Waals surface area (Å²) in [4.78, 5) is 16.4. The number of furan rings is 1. The molecule has 5 nitrogen and oxygen atoms in total. The summed E-state index contributed by atoms with van der Waals surface area (Å²) in [5.41, 5.74) is 4.39. The molecule has 0 fully saturated rings. The molecule has 0 radical (unpaired) electrons. The van der Waals surface area contributed by atoms with E-state index in [-0.39, 0.29) is 5.97 Å². The average molecular weight is 401 g/mol. The van der Waals surface area contributed by atoms with Crippen molar-refractivity contribution in [1.29, 1.82) is 0 Å². The summed E-state index contributed by atoms with van der Waals surface area (Å²) in [6.07, 6.45) is 2.05. The number of nitrogens with zero attached hydrogens (tertiary/aromatic N) is 1. The van der Waals surface area contributed by atoms with Gasteiger partial charge in [-0.3, -0.25) is 0 Å². The van der Waals surface area contributed by atoms with Gasteiger partial charge >= 0.3 is 5.97 Å². The lowest BCUT2D eigenvalue weighted by Gasteiger charge is -2.02. The maximum atomic E-state index is 11.7. The fourth-order valence-electron chi connectivity index (χ4n) is 3.34. The second-order valence-corrected chi connectivity index (χ2v) is 7.11. The Hall–Kier alpha value is -3.60. The Bertz CT molecular complexity index is 1210. The standard InChI is InChI=1S/C25H23NO4/c1-4-28-24(27)12-16(2)19-10-11-23-20(13-19)14-21(30-23)15-22-17(3)29-25(26-22)18-8-6-5-7-9-18/h5-14H,4,15H2,1-3H3/b16-12+. The van der Waals surface area contributed by atoms with Crippen LogP contribution in [0, 0.1) is 6.92 Å². The highest BCUT2D eigenvalue weighted by atomic mass is 16.5. The second-order valence-electron chi connectivity index (χ2n) is 7.11. The van der Waals surface area contributed by atoms with Gasteiger partial charge in [0.1, 0.15) is 17.1 Å². The van der Waals surface area contributed by atoms with Gasteiger partial charge in [0.2, 0.25) is 5.89 Å². The summed E-state index contributed by atoms with van der Waals surface area (Å²) < 4.78 is 16.8. The van der Waals surface area contributed by atoms with Gasteiger partial charge in [-0.2, -0.15) is 0 Å². The Balaban J connectivity index is 1.58. The third kappa shape index (κ3) is 4.20. The van der Waals surface area contributed by atoms with Crippen LogP contribution in [0.3, 0.4) is 0 Å². The highest BCUT2D eigenvalue weighted by Gasteiger charge is 2.14. The molecule has 0 atom stereocenters. The average Bonchev–Trinajstić information content (AvgIpc) is 3.31. The van der Waals surface area contributed by atoms with Gasteiger partial charge in [0.05, 0.1) is 18.7 Å². The molecule has 0 bridgehead atoms. The molecule has 2 aromatic carbocycles. The smallest absolute Gasteiger partial charge is 0.331 e. The van der Waals surface area contributed by atoms with Crippen LogP contribution in [0.1, 0.15) is 36.6 Å². The molecule has 2 heterocycles. The Morgan fingerprint density at radius 2 is 1.90 bits per heavy atom. The quantitative estimate of drug-likeness (QED) is 0.295. The SMILES string of the molecule is CCOC(=O)/C=C(\C)c1ccc2oc(Cc3nc(-c4ccccc4)oc3C)cc2c1. The molecule has 0 saturated carbocycles. The maximum absolute atomic E-state index is 11.7. The first-order valence-corrected chi connectivity index (χ1v) is 9.93. The first-order chi connectivity index (χ1) is 14.5. The van der Waals surface area contributed by atoms with Gasteiger partial charge < -0.3 is 13.6 Å². The Morgan fingerprint density at radius 1 is 1.10 bits per heavy atom. The number of esters is 1. The van der Waals surface area contributed by atoms with Gasteiger partial charge in [0, 0.05) is 17.0 Å². The molecule has 152 valence electrons. The van der Waals surface area contributed by atoms with E-state index in [0.717, 1.165) is 44.9 Å². The van der Waals surface area contributed by atoms with Gasteiger partial charge in [-0.1, -0.05) is 24.3 Å². The van der Waals surface area contributed by atoms with E-state index in [2.05, 4.69) is 4.98 Å². The minimum Gasteiger partial charge on any atom is -0.463 e. The van der Waals surface area contributed by atoms with E-state index in [1.165, 1.54) is 6.08 Å². The zero-order chi connectivity index (χ0) is 21.1. The van der Waals surface area contributed by atoms with E-state index in [1.807, 2.05) is 68.4 Å². The number of oxazole rings is 1. The molecular weight excluding hydrogens is 378 g/mol. The number of benzene rings is 2. The first-order valence-electron chi connectivity index (χ1n) is 9.93. The molecule has 4 rings (SSSR count). The summed E-state index contributed by atoms with van der Waals surface area (Å²) in [6, 6.07) is 17.7. The molecule has 0 spiro atoms. The molecular formula is C25H23NO4. The fraction of sp³-hybridized carbons (Fsp3) is 0.200. The number of aryl methyl sites for hydroxylation is 1. The normalized spacial score (nSPS) is 11.8. The number of rotatable bonds is 6. The molecule has 0 N–H and O–H groups in total. The number of hydrogen-bond acceptors (Lipinski definition) is 5. The van der Waals surface area contributed by atoms with Crippen molar-refractivity contribution in [2.75, 3.05) is 6.61 Å². The second kappa shape index (κ2) is 8.41. The van der Waals surface area contributed by atoms with E-state index < -0.39 is 0 Å². The summed E-state index contributed by atoms with van der Waals surface area (Å²) >= 11 is 0. The molecule has 4 aromatic rings. The number of carbonyl (C=O) groups excluding carboxylic acids is 1. The molecule has 0 saturated heterocycles. The van der Waals surface area contributed by atoms with Crippen LogP contribution in [0.5, 0.6) is 0 Å². The zero-order valence-electron chi connectivity index (χ0n) is 17.3. The largest absolute Gasteiger partial charge is 0.463 e. The Morgan fingerprint density at radius 3 is 2.67 bits per heavy atom. The van der Waals surface area contributed by atoms with Gasteiger partial charge in [0.15, 0.2) is 0 Å². The van der Waals surface area contributed by atoms with Gasteiger partial charge in [0.25, 0.3) is 0 Å². The minimum absolute atomic E-state index is 0.335. The van der Waals surface area contributed by atoms with Crippen LogP contribution < -0.4 is 0 Å². The van der Waals surface area contributed by atoms with E-state index >= 15 is 0 Å². The monoisotopic (exact) mass is 401 g/mol. The molecule has 5 heteroatoms. The molecule has 0 amide bonds. The lowest BCUT2D eigenvalue weighted by Crippen LogP contribution is -2.00. The predicted molar refractivity (Wildman–Crippen MR) is 116 cm³/mol. The molecule has 0 aliphatic carbocycles.